The molecule has 6 heteroatoms. The summed E-state index contributed by atoms with van der Waals surface area (Å²) in [6.45, 7) is 0. The highest BCUT2D eigenvalue weighted by molar-refractivity contribution is 7.99. The maximum absolute atomic E-state index is 10.0. The van der Waals surface area contributed by atoms with Crippen LogP contribution in [-0.4, -0.2) is 29.5 Å². The van der Waals surface area contributed by atoms with E-state index in [1.54, 1.807) is 0 Å². The van der Waals surface area contributed by atoms with Crippen LogP contribution in [0.1, 0.15) is 0 Å². The van der Waals surface area contributed by atoms with Crippen molar-refractivity contribution in [2.75, 3.05) is 11.5 Å². The number of thioether (sulfide) groups is 1. The topological polar surface area (TPSA) is 108 Å². The van der Waals surface area contributed by atoms with Gasteiger partial charge in [-0.1, -0.05) is 0 Å². The number of hydrogen-bond donors (Lipinski definition) is 1. The molecule has 0 aromatic rings. The van der Waals surface area contributed by atoms with E-state index in [1.807, 2.05) is 0 Å². The zero-order valence-corrected chi connectivity index (χ0v) is 6.56. The van der Waals surface area contributed by atoms with Crippen LogP contribution in [0.3, 0.4) is 0 Å². The Morgan fingerprint density at radius 3 is 2.36 bits per heavy atom. The molecule has 3 N–H and O–H groups in total. The van der Waals surface area contributed by atoms with Crippen molar-refractivity contribution in [2.24, 2.45) is 0 Å². The van der Waals surface area contributed by atoms with Crippen molar-refractivity contribution < 1.29 is 25.5 Å². The Bertz CT molecular complexity index is 161. The van der Waals surface area contributed by atoms with Crippen molar-refractivity contribution in [3.8, 4) is 0 Å². The summed E-state index contributed by atoms with van der Waals surface area (Å²) in [5.41, 5.74) is 3.24. The molecule has 0 unspecified atom stereocenters. The fraction of sp³-hybridized carbons (Fsp3) is 0.600. The van der Waals surface area contributed by atoms with E-state index in [1.165, 1.54) is 0 Å². The Balaban J connectivity index is 3.39. The molecule has 0 saturated heterocycles. The first-order chi connectivity index (χ1) is 5.04. The predicted octanol–water partition coefficient (Wildman–Crippen LogP) is -4.17. The smallest absolute Gasteiger partial charge is 0.134 e. The van der Waals surface area contributed by atoms with E-state index in [0.717, 1.165) is 11.8 Å². The highest BCUT2D eigenvalue weighted by atomic mass is 32.2. The summed E-state index contributed by atoms with van der Waals surface area (Å²) in [5.74, 6) is -2.55. The number of carboxylic acids is 2. The summed E-state index contributed by atoms with van der Waals surface area (Å²) in [7, 11) is 0. The number of rotatable bonds is 5. The zero-order valence-electron chi connectivity index (χ0n) is 5.74. The van der Waals surface area contributed by atoms with Crippen molar-refractivity contribution in [2.45, 2.75) is 6.04 Å². The van der Waals surface area contributed by atoms with Crippen LogP contribution in [0.25, 0.3) is 0 Å². The first-order valence-corrected chi connectivity index (χ1v) is 4.01. The van der Waals surface area contributed by atoms with E-state index < -0.39 is 18.0 Å². The molecule has 0 aromatic heterocycles. The molecule has 0 heterocycles. The summed E-state index contributed by atoms with van der Waals surface area (Å²) in [4.78, 5) is 19.9. The molecule has 1 atom stereocenters. The third-order valence-electron chi connectivity index (χ3n) is 0.872. The second-order valence-corrected chi connectivity index (χ2v) is 2.93. The minimum absolute atomic E-state index is 0.135. The molecule has 0 rings (SSSR count). The van der Waals surface area contributed by atoms with Crippen LogP contribution in [0.2, 0.25) is 0 Å². The highest BCUT2D eigenvalue weighted by Gasteiger charge is 2.05. The van der Waals surface area contributed by atoms with Gasteiger partial charge in [-0.05, 0) is 0 Å². The molecule has 5 nitrogen and oxygen atoms in total. The van der Waals surface area contributed by atoms with E-state index in [4.69, 9.17) is 0 Å². The molecule has 0 aliphatic heterocycles. The molecule has 0 amide bonds. The molecule has 0 spiro atoms. The van der Waals surface area contributed by atoms with Gasteiger partial charge < -0.3 is 25.5 Å². The Morgan fingerprint density at radius 2 is 2.00 bits per heavy atom. The van der Waals surface area contributed by atoms with Crippen LogP contribution in [0.15, 0.2) is 0 Å². The molecular weight excluding hydrogens is 170 g/mol. The van der Waals surface area contributed by atoms with Crippen molar-refractivity contribution >= 4 is 23.7 Å². The van der Waals surface area contributed by atoms with E-state index in [2.05, 4.69) is 5.73 Å². The van der Waals surface area contributed by atoms with E-state index in [0.29, 0.717) is 0 Å². The Kier molecular flexibility index (Phi) is 4.64. The number of hydrogen-bond acceptors (Lipinski definition) is 5. The fourth-order valence-electron chi connectivity index (χ4n) is 0.353. The Hall–Kier alpha value is -0.750. The summed E-state index contributed by atoms with van der Waals surface area (Å²) >= 11 is 0.952. The second-order valence-electron chi connectivity index (χ2n) is 1.90. The first kappa shape index (κ1) is 10.2. The molecule has 0 saturated carbocycles. The van der Waals surface area contributed by atoms with E-state index in [9.17, 15) is 19.8 Å². The summed E-state index contributed by atoms with van der Waals surface area (Å²) in [6.07, 6.45) is 0. The Morgan fingerprint density at radius 1 is 1.45 bits per heavy atom. The molecule has 0 bridgehead atoms. The SMILES string of the molecule is [NH3+][C@H](CSCC(=O)[O-])C(=O)[O-]. The van der Waals surface area contributed by atoms with Gasteiger partial charge in [-0.2, -0.15) is 0 Å². The van der Waals surface area contributed by atoms with Crippen LogP contribution in [0.5, 0.6) is 0 Å². The van der Waals surface area contributed by atoms with Gasteiger partial charge in [0, 0.05) is 5.75 Å². The lowest BCUT2D eigenvalue weighted by Gasteiger charge is -2.08. The lowest BCUT2D eigenvalue weighted by atomic mass is 10.4. The summed E-state index contributed by atoms with van der Waals surface area (Å²) < 4.78 is 0. The number of carbonyl (C=O) groups excluding carboxylic acids is 2. The molecule has 0 aliphatic rings. The van der Waals surface area contributed by atoms with Crippen LogP contribution in [0.4, 0.5) is 0 Å². The van der Waals surface area contributed by atoms with Crippen molar-refractivity contribution in [3.05, 3.63) is 0 Å². The molecule has 0 fully saturated rings. The van der Waals surface area contributed by atoms with Gasteiger partial charge in [0.25, 0.3) is 0 Å². The number of quaternary nitrogens is 1. The summed E-state index contributed by atoms with van der Waals surface area (Å²) in [5, 5.41) is 19.9. The second kappa shape index (κ2) is 4.97. The lowest BCUT2D eigenvalue weighted by molar-refractivity contribution is -0.431. The largest absolute Gasteiger partial charge is 0.549 e. The average molecular weight is 178 g/mol. The van der Waals surface area contributed by atoms with Gasteiger partial charge in [-0.3, -0.25) is 0 Å². The minimum Gasteiger partial charge on any atom is -0.549 e. The lowest BCUT2D eigenvalue weighted by Crippen LogP contribution is -2.69. The number of carbonyl (C=O) groups is 2. The molecule has 64 valence electrons. The molecule has 0 aliphatic carbocycles. The maximum atomic E-state index is 10.0. The van der Waals surface area contributed by atoms with Crippen LogP contribution < -0.4 is 15.9 Å². The third-order valence-corrected chi connectivity index (χ3v) is 1.95. The Labute approximate surface area is 67.6 Å². The van der Waals surface area contributed by atoms with Gasteiger partial charge >= 0.3 is 0 Å². The number of carboxylic acid groups (broad SMARTS) is 2. The molecular formula is C5H8NO4S-. The van der Waals surface area contributed by atoms with E-state index in [-0.39, 0.29) is 11.5 Å². The third kappa shape index (κ3) is 5.68. The molecule has 0 radical (unpaired) electrons. The fourth-order valence-corrected chi connectivity index (χ4v) is 1.06. The van der Waals surface area contributed by atoms with Gasteiger partial charge in [0.05, 0.1) is 17.7 Å². The molecule has 0 aromatic carbocycles. The maximum Gasteiger partial charge on any atom is 0.134 e. The molecule has 11 heavy (non-hydrogen) atoms. The van der Waals surface area contributed by atoms with Gasteiger partial charge in [-0.25, -0.2) is 0 Å². The van der Waals surface area contributed by atoms with Crippen LogP contribution in [0, 0.1) is 0 Å². The monoisotopic (exact) mass is 178 g/mol. The van der Waals surface area contributed by atoms with Crippen molar-refractivity contribution in [1.82, 2.24) is 0 Å². The first-order valence-electron chi connectivity index (χ1n) is 2.85. The van der Waals surface area contributed by atoms with Crippen LogP contribution in [-0.2, 0) is 9.59 Å². The van der Waals surface area contributed by atoms with Crippen molar-refractivity contribution in [1.29, 1.82) is 0 Å². The highest BCUT2D eigenvalue weighted by Crippen LogP contribution is 1.98. The predicted molar refractivity (Wildman–Crippen MR) is 34.0 cm³/mol. The van der Waals surface area contributed by atoms with Gasteiger partial charge in [0.2, 0.25) is 0 Å². The normalized spacial score (nSPS) is 12.5. The minimum atomic E-state index is -1.27. The van der Waals surface area contributed by atoms with Crippen LogP contribution >= 0.6 is 11.8 Å². The van der Waals surface area contributed by atoms with Crippen molar-refractivity contribution in [3.63, 3.8) is 0 Å². The van der Waals surface area contributed by atoms with Gasteiger partial charge in [0.1, 0.15) is 6.04 Å². The zero-order chi connectivity index (χ0) is 8.85. The van der Waals surface area contributed by atoms with E-state index >= 15 is 0 Å². The number of aliphatic carboxylic acids is 2. The summed E-state index contributed by atoms with van der Waals surface area (Å²) in [6, 6.07) is -0.862. The average Bonchev–Trinajstić information content (AvgIpc) is 1.86. The van der Waals surface area contributed by atoms with Gasteiger partial charge in [-0.15, -0.1) is 11.8 Å². The van der Waals surface area contributed by atoms with Gasteiger partial charge in [0.15, 0.2) is 0 Å². The standard InChI is InChI=1S/C5H9NO4S/c6-3(5(9)10)1-11-2-4(7)8/h3H,1-2,6H2,(H,7,8)(H,9,10)/p-1/t3-/m1/s1. The quantitative estimate of drug-likeness (QED) is 0.459.